The molecule has 1 aliphatic carbocycles. The van der Waals surface area contributed by atoms with Crippen LogP contribution in [0.4, 0.5) is 0 Å². The van der Waals surface area contributed by atoms with E-state index in [1.165, 1.54) is 0 Å². The summed E-state index contributed by atoms with van der Waals surface area (Å²) >= 11 is 0. The Kier molecular flexibility index (Phi) is 3.22. The lowest BCUT2D eigenvalue weighted by Crippen LogP contribution is -2.34. The first-order valence-corrected chi connectivity index (χ1v) is 4.53. The number of carbonyl (C=O) groups is 1. The molecule has 0 bridgehead atoms. The number of rotatable bonds is 3. The monoisotopic (exact) mass is 186 g/mol. The second-order valence-corrected chi connectivity index (χ2v) is 3.57. The van der Waals surface area contributed by atoms with Gasteiger partial charge in [-0.1, -0.05) is 6.42 Å². The normalized spacial score (nSPS) is 28.3. The number of amides is 1. The highest BCUT2D eigenvalue weighted by molar-refractivity contribution is 5.74. The minimum atomic E-state index is -0.554. The van der Waals surface area contributed by atoms with E-state index in [0.29, 0.717) is 6.42 Å². The lowest BCUT2D eigenvalue weighted by Gasteiger charge is -2.23. The van der Waals surface area contributed by atoms with Gasteiger partial charge in [-0.2, -0.15) is 0 Å². The van der Waals surface area contributed by atoms with Gasteiger partial charge in [0.2, 0.25) is 11.9 Å². The quantitative estimate of drug-likeness (QED) is 0.519. The largest absolute Gasteiger partial charge is 0.370 e. The molecule has 1 saturated carbocycles. The highest BCUT2D eigenvalue weighted by atomic mass is 16.6. The molecule has 5 nitrogen and oxygen atoms in total. The molecule has 0 heterocycles. The van der Waals surface area contributed by atoms with Crippen molar-refractivity contribution in [2.75, 3.05) is 0 Å². The Morgan fingerprint density at radius 3 is 2.62 bits per heavy atom. The Hall–Kier alpha value is -1.13. The fourth-order valence-electron chi connectivity index (χ4n) is 1.96. The zero-order valence-corrected chi connectivity index (χ0v) is 7.44. The van der Waals surface area contributed by atoms with Gasteiger partial charge in [-0.25, -0.2) is 0 Å². The maximum atomic E-state index is 10.6. The van der Waals surface area contributed by atoms with Crippen LogP contribution in [-0.4, -0.2) is 16.9 Å². The van der Waals surface area contributed by atoms with Crippen molar-refractivity contribution in [1.82, 2.24) is 0 Å². The van der Waals surface area contributed by atoms with Crippen molar-refractivity contribution in [1.29, 1.82) is 0 Å². The highest BCUT2D eigenvalue weighted by Crippen LogP contribution is 2.28. The number of carbonyl (C=O) groups excluding carboxylic acids is 1. The number of hydrogen-bond donors (Lipinski definition) is 1. The van der Waals surface area contributed by atoms with E-state index in [9.17, 15) is 14.9 Å². The van der Waals surface area contributed by atoms with Gasteiger partial charge in [0, 0.05) is 23.7 Å². The summed E-state index contributed by atoms with van der Waals surface area (Å²) in [6.07, 6.45) is 3.37. The van der Waals surface area contributed by atoms with Gasteiger partial charge in [-0.15, -0.1) is 0 Å². The zero-order valence-electron chi connectivity index (χ0n) is 7.44. The van der Waals surface area contributed by atoms with Crippen LogP contribution in [0.3, 0.4) is 0 Å². The van der Waals surface area contributed by atoms with Crippen molar-refractivity contribution in [3.63, 3.8) is 0 Å². The minimum absolute atomic E-state index is 0.138. The molecule has 0 aromatic heterocycles. The summed E-state index contributed by atoms with van der Waals surface area (Å²) < 4.78 is 0. The molecular formula is C8H14N2O3. The second-order valence-electron chi connectivity index (χ2n) is 3.57. The van der Waals surface area contributed by atoms with E-state index in [0.717, 1.165) is 19.3 Å². The summed E-state index contributed by atoms with van der Waals surface area (Å²) in [7, 11) is 0. The van der Waals surface area contributed by atoms with Crippen molar-refractivity contribution in [3.8, 4) is 0 Å². The van der Waals surface area contributed by atoms with Gasteiger partial charge in [0.05, 0.1) is 0 Å². The fraction of sp³-hybridized carbons (Fsp3) is 0.875. The average molecular weight is 186 g/mol. The molecule has 0 spiro atoms. The Balaban J connectivity index is 2.56. The van der Waals surface area contributed by atoms with Gasteiger partial charge in [0.1, 0.15) is 0 Å². The van der Waals surface area contributed by atoms with Gasteiger partial charge in [0.15, 0.2) is 0 Å². The van der Waals surface area contributed by atoms with Crippen LogP contribution in [-0.2, 0) is 4.79 Å². The molecule has 0 radical (unpaired) electrons. The highest BCUT2D eigenvalue weighted by Gasteiger charge is 2.34. The molecule has 1 amide bonds. The summed E-state index contributed by atoms with van der Waals surface area (Å²) in [6, 6.07) is -0.554. The Bertz CT molecular complexity index is 217. The van der Waals surface area contributed by atoms with Crippen LogP contribution in [0.2, 0.25) is 0 Å². The summed E-state index contributed by atoms with van der Waals surface area (Å²) in [5.41, 5.74) is 5.02. The Labute approximate surface area is 76.4 Å². The molecule has 2 atom stereocenters. The average Bonchev–Trinajstić information content (AvgIpc) is 2.03. The molecule has 2 N–H and O–H groups in total. The molecule has 1 rings (SSSR count). The van der Waals surface area contributed by atoms with E-state index >= 15 is 0 Å². The summed E-state index contributed by atoms with van der Waals surface area (Å²) in [6.45, 7) is 0. The third-order valence-electron chi connectivity index (χ3n) is 2.60. The van der Waals surface area contributed by atoms with Gasteiger partial charge >= 0.3 is 0 Å². The predicted octanol–water partition coefficient (Wildman–Crippen LogP) is 0.697. The SMILES string of the molecule is NC(=O)C[C@@H]1CCCC[C@H]1[N+](=O)[O-]. The van der Waals surface area contributed by atoms with Crippen LogP contribution in [0, 0.1) is 16.0 Å². The van der Waals surface area contributed by atoms with Crippen molar-refractivity contribution < 1.29 is 9.72 Å². The number of nitro groups is 1. The molecule has 1 aliphatic rings. The van der Waals surface area contributed by atoms with E-state index in [4.69, 9.17) is 5.73 Å². The van der Waals surface area contributed by atoms with E-state index in [1.54, 1.807) is 0 Å². The first-order chi connectivity index (χ1) is 6.11. The molecule has 0 unspecified atom stereocenters. The molecule has 13 heavy (non-hydrogen) atoms. The summed E-state index contributed by atoms with van der Waals surface area (Å²) in [4.78, 5) is 21.0. The second kappa shape index (κ2) is 4.20. The van der Waals surface area contributed by atoms with Crippen LogP contribution in [0.5, 0.6) is 0 Å². The molecule has 0 aromatic rings. The standard InChI is InChI=1S/C8H14N2O3/c9-8(11)5-6-3-1-2-4-7(6)10(12)13/h6-7H,1-5H2,(H2,9,11)/t6-,7+/m0/s1. The van der Waals surface area contributed by atoms with Crippen molar-refractivity contribution in [3.05, 3.63) is 10.1 Å². The first kappa shape index (κ1) is 9.95. The van der Waals surface area contributed by atoms with Crippen molar-refractivity contribution in [2.24, 2.45) is 11.7 Å². The lowest BCUT2D eigenvalue weighted by atomic mass is 9.83. The van der Waals surface area contributed by atoms with E-state index in [1.807, 2.05) is 0 Å². The first-order valence-electron chi connectivity index (χ1n) is 4.53. The van der Waals surface area contributed by atoms with Crippen molar-refractivity contribution >= 4 is 5.91 Å². The third kappa shape index (κ3) is 2.68. The summed E-state index contributed by atoms with van der Waals surface area (Å²) in [5.74, 6) is -0.569. The van der Waals surface area contributed by atoms with E-state index in [-0.39, 0.29) is 17.3 Å². The zero-order chi connectivity index (χ0) is 9.84. The summed E-state index contributed by atoms with van der Waals surface area (Å²) in [5, 5.41) is 10.6. The topological polar surface area (TPSA) is 86.2 Å². The van der Waals surface area contributed by atoms with Gasteiger partial charge in [0.25, 0.3) is 0 Å². The van der Waals surface area contributed by atoms with Crippen LogP contribution in [0.25, 0.3) is 0 Å². The molecule has 0 aromatic carbocycles. The maximum absolute atomic E-state index is 10.6. The van der Waals surface area contributed by atoms with Crippen molar-refractivity contribution in [2.45, 2.75) is 38.1 Å². The van der Waals surface area contributed by atoms with Crippen LogP contribution >= 0.6 is 0 Å². The molecule has 1 fully saturated rings. The number of nitrogens with zero attached hydrogens (tertiary/aromatic N) is 1. The number of hydrogen-bond acceptors (Lipinski definition) is 3. The lowest BCUT2D eigenvalue weighted by molar-refractivity contribution is -0.535. The third-order valence-corrected chi connectivity index (χ3v) is 2.60. The molecule has 74 valence electrons. The van der Waals surface area contributed by atoms with Crippen LogP contribution < -0.4 is 5.73 Å². The molecule has 0 aliphatic heterocycles. The van der Waals surface area contributed by atoms with Gasteiger partial charge in [-0.05, 0) is 12.8 Å². The Morgan fingerprint density at radius 1 is 1.46 bits per heavy atom. The molecule has 5 heteroatoms. The van der Waals surface area contributed by atoms with Gasteiger partial charge in [-0.3, -0.25) is 14.9 Å². The predicted molar refractivity (Wildman–Crippen MR) is 46.6 cm³/mol. The number of nitrogens with two attached hydrogens (primary N) is 1. The number of primary amides is 1. The maximum Gasteiger partial charge on any atom is 0.217 e. The molecular weight excluding hydrogens is 172 g/mol. The Morgan fingerprint density at radius 2 is 2.08 bits per heavy atom. The van der Waals surface area contributed by atoms with E-state index < -0.39 is 11.9 Å². The van der Waals surface area contributed by atoms with Crippen LogP contribution in [0.15, 0.2) is 0 Å². The van der Waals surface area contributed by atoms with E-state index in [2.05, 4.69) is 0 Å². The smallest absolute Gasteiger partial charge is 0.217 e. The fourth-order valence-corrected chi connectivity index (χ4v) is 1.96. The van der Waals surface area contributed by atoms with Gasteiger partial charge < -0.3 is 5.73 Å². The minimum Gasteiger partial charge on any atom is -0.370 e. The molecule has 0 saturated heterocycles. The van der Waals surface area contributed by atoms with Crippen LogP contribution in [0.1, 0.15) is 32.1 Å².